The number of fused-ring (bicyclic) bond motifs is 1. The maximum absolute atomic E-state index is 14.6. The first kappa shape index (κ1) is 32.9. The largest absolute Gasteiger partial charge is 0.508 e. The Morgan fingerprint density at radius 1 is 0.844 bits per heavy atom. The summed E-state index contributed by atoms with van der Waals surface area (Å²) in [4.78, 5) is 43.3. The number of hydrogen-bond acceptors (Lipinski definition) is 6. The number of carbonyl (C=O) groups excluding carboxylic acids is 3. The van der Waals surface area contributed by atoms with Crippen molar-refractivity contribution in [2.75, 3.05) is 5.32 Å². The van der Waals surface area contributed by atoms with Gasteiger partial charge in [0.25, 0.3) is 5.91 Å². The molecule has 0 aliphatic carbocycles. The van der Waals surface area contributed by atoms with E-state index in [2.05, 4.69) is 10.6 Å². The van der Waals surface area contributed by atoms with Gasteiger partial charge in [0.05, 0.1) is 0 Å². The van der Waals surface area contributed by atoms with Gasteiger partial charge in [0.15, 0.2) is 0 Å². The molecule has 4 aromatic rings. The lowest BCUT2D eigenvalue weighted by atomic mass is 9.97. The van der Waals surface area contributed by atoms with Gasteiger partial charge in [-0.1, -0.05) is 61.5 Å². The highest BCUT2D eigenvalue weighted by Gasteiger charge is 2.38. The molecule has 3 unspecified atom stereocenters. The molecule has 9 heteroatoms. The van der Waals surface area contributed by atoms with Crippen LogP contribution in [0.4, 0.5) is 10.5 Å². The second kappa shape index (κ2) is 14.2. The number of anilines is 1. The quantitative estimate of drug-likeness (QED) is 0.158. The standard InChI is InChI=1S/C36H41N3O6/c1-6-23(2)39(34(43)31(38-35(44)45-36(3,4)5)21-24-11-17-29(40)18-12-24)32(26-14-19-30(41)20-15-26)33(42)37-28-16-13-25-9-7-8-10-27(25)22-28/h7-20,22-23,31-32,40-41H,6,21H2,1-5H3,(H,37,42)(H,38,44). The average Bonchev–Trinajstić information content (AvgIpc) is 2.99. The Kier molecular flexibility index (Phi) is 10.3. The van der Waals surface area contributed by atoms with Crippen molar-refractivity contribution in [3.05, 3.63) is 102 Å². The Morgan fingerprint density at radius 2 is 1.44 bits per heavy atom. The van der Waals surface area contributed by atoms with Gasteiger partial charge in [0.1, 0.15) is 29.2 Å². The molecule has 0 aliphatic rings. The number of nitrogens with one attached hydrogen (secondary N) is 2. The van der Waals surface area contributed by atoms with Crippen LogP contribution in [0.3, 0.4) is 0 Å². The van der Waals surface area contributed by atoms with Crippen molar-refractivity contribution in [1.29, 1.82) is 0 Å². The molecule has 0 heterocycles. The third-order valence-corrected chi connectivity index (χ3v) is 7.44. The van der Waals surface area contributed by atoms with E-state index in [1.807, 2.05) is 50.2 Å². The number of alkyl carbamates (subject to hydrolysis) is 1. The van der Waals surface area contributed by atoms with E-state index in [1.54, 1.807) is 51.1 Å². The van der Waals surface area contributed by atoms with E-state index in [9.17, 15) is 24.6 Å². The molecule has 3 amide bonds. The zero-order chi connectivity index (χ0) is 32.7. The molecule has 4 aromatic carbocycles. The van der Waals surface area contributed by atoms with Crippen LogP contribution >= 0.6 is 0 Å². The fourth-order valence-corrected chi connectivity index (χ4v) is 5.07. The summed E-state index contributed by atoms with van der Waals surface area (Å²) in [7, 11) is 0. The summed E-state index contributed by atoms with van der Waals surface area (Å²) in [6.45, 7) is 8.95. The third-order valence-electron chi connectivity index (χ3n) is 7.44. The summed E-state index contributed by atoms with van der Waals surface area (Å²) in [5, 5.41) is 27.5. The minimum Gasteiger partial charge on any atom is -0.508 e. The zero-order valence-corrected chi connectivity index (χ0v) is 26.3. The van der Waals surface area contributed by atoms with E-state index in [1.165, 1.54) is 29.2 Å². The van der Waals surface area contributed by atoms with Gasteiger partial charge in [-0.2, -0.15) is 0 Å². The topological polar surface area (TPSA) is 128 Å². The summed E-state index contributed by atoms with van der Waals surface area (Å²) in [5.41, 5.74) is 0.932. The Labute approximate surface area is 263 Å². The first-order chi connectivity index (χ1) is 21.3. The van der Waals surface area contributed by atoms with Crippen LogP contribution in [0, 0.1) is 0 Å². The Balaban J connectivity index is 1.76. The number of phenolic OH excluding ortho intramolecular Hbond substituents is 2. The van der Waals surface area contributed by atoms with Gasteiger partial charge >= 0.3 is 6.09 Å². The highest BCUT2D eigenvalue weighted by Crippen LogP contribution is 2.30. The molecule has 0 saturated carbocycles. The van der Waals surface area contributed by atoms with Crippen molar-refractivity contribution in [3.8, 4) is 11.5 Å². The molecular formula is C36H41N3O6. The van der Waals surface area contributed by atoms with Gasteiger partial charge in [0.2, 0.25) is 5.91 Å². The number of aromatic hydroxyl groups is 2. The molecule has 4 N–H and O–H groups in total. The normalized spacial score (nSPS) is 13.4. The van der Waals surface area contributed by atoms with E-state index >= 15 is 0 Å². The number of carbonyl (C=O) groups is 3. The number of rotatable bonds is 10. The SMILES string of the molecule is CCC(C)N(C(=O)C(Cc1ccc(O)cc1)NC(=O)OC(C)(C)C)C(C(=O)Nc1ccc2ccccc2c1)c1ccc(O)cc1. The second-order valence-electron chi connectivity index (χ2n) is 12.1. The number of ether oxygens (including phenoxy) is 1. The lowest BCUT2D eigenvalue weighted by Gasteiger charge is -2.38. The van der Waals surface area contributed by atoms with Gasteiger partial charge in [-0.05, 0) is 92.4 Å². The summed E-state index contributed by atoms with van der Waals surface area (Å²) in [6.07, 6.45) is -0.174. The monoisotopic (exact) mass is 611 g/mol. The number of benzene rings is 4. The highest BCUT2D eigenvalue weighted by atomic mass is 16.6. The molecule has 0 aromatic heterocycles. The van der Waals surface area contributed by atoms with E-state index in [-0.39, 0.29) is 17.9 Å². The van der Waals surface area contributed by atoms with E-state index < -0.39 is 41.6 Å². The van der Waals surface area contributed by atoms with Crippen molar-refractivity contribution >= 4 is 34.4 Å². The molecule has 0 radical (unpaired) electrons. The van der Waals surface area contributed by atoms with Crippen LogP contribution in [0.1, 0.15) is 58.2 Å². The van der Waals surface area contributed by atoms with Gasteiger partial charge in [0, 0.05) is 18.2 Å². The predicted octanol–water partition coefficient (Wildman–Crippen LogP) is 6.69. The summed E-state index contributed by atoms with van der Waals surface area (Å²) in [6, 6.07) is 23.3. The summed E-state index contributed by atoms with van der Waals surface area (Å²) >= 11 is 0. The minimum absolute atomic E-state index is 0.0191. The Bertz CT molecular complexity index is 1630. The molecule has 4 rings (SSSR count). The fraction of sp³-hybridized carbons (Fsp3) is 0.306. The molecule has 0 bridgehead atoms. The van der Waals surface area contributed by atoms with Gasteiger partial charge < -0.3 is 30.5 Å². The Hall–Kier alpha value is -5.05. The number of phenols is 2. The highest BCUT2D eigenvalue weighted by molar-refractivity contribution is 6.00. The van der Waals surface area contributed by atoms with Crippen LogP contribution < -0.4 is 10.6 Å². The molecule has 0 spiro atoms. The fourth-order valence-electron chi connectivity index (χ4n) is 5.07. The first-order valence-corrected chi connectivity index (χ1v) is 15.0. The van der Waals surface area contributed by atoms with Crippen LogP contribution in [0.5, 0.6) is 11.5 Å². The molecule has 45 heavy (non-hydrogen) atoms. The van der Waals surface area contributed by atoms with E-state index in [4.69, 9.17) is 4.74 Å². The molecule has 0 fully saturated rings. The lowest BCUT2D eigenvalue weighted by molar-refractivity contribution is -0.143. The Morgan fingerprint density at radius 3 is 2.04 bits per heavy atom. The van der Waals surface area contributed by atoms with E-state index in [0.29, 0.717) is 23.2 Å². The predicted molar refractivity (Wildman–Crippen MR) is 175 cm³/mol. The van der Waals surface area contributed by atoms with Crippen molar-refractivity contribution < 1.29 is 29.3 Å². The van der Waals surface area contributed by atoms with Crippen molar-refractivity contribution in [1.82, 2.24) is 10.2 Å². The van der Waals surface area contributed by atoms with Crippen LogP contribution in [0.2, 0.25) is 0 Å². The van der Waals surface area contributed by atoms with Gasteiger partial charge in [-0.3, -0.25) is 9.59 Å². The molecular weight excluding hydrogens is 570 g/mol. The van der Waals surface area contributed by atoms with Crippen LogP contribution in [0.25, 0.3) is 10.8 Å². The third kappa shape index (κ3) is 8.75. The minimum atomic E-state index is -1.11. The van der Waals surface area contributed by atoms with Crippen molar-refractivity contribution in [2.45, 2.75) is 71.2 Å². The van der Waals surface area contributed by atoms with Crippen LogP contribution in [-0.2, 0) is 20.7 Å². The summed E-state index contributed by atoms with van der Waals surface area (Å²) in [5.74, 6) is -0.855. The summed E-state index contributed by atoms with van der Waals surface area (Å²) < 4.78 is 5.49. The van der Waals surface area contributed by atoms with Crippen molar-refractivity contribution in [3.63, 3.8) is 0 Å². The lowest BCUT2D eigenvalue weighted by Crippen LogP contribution is -2.55. The van der Waals surface area contributed by atoms with E-state index in [0.717, 1.165) is 10.8 Å². The molecule has 0 saturated heterocycles. The molecule has 3 atom stereocenters. The maximum Gasteiger partial charge on any atom is 0.408 e. The average molecular weight is 612 g/mol. The van der Waals surface area contributed by atoms with Crippen LogP contribution in [-0.4, -0.2) is 50.7 Å². The van der Waals surface area contributed by atoms with Crippen molar-refractivity contribution in [2.24, 2.45) is 0 Å². The second-order valence-corrected chi connectivity index (χ2v) is 12.1. The first-order valence-electron chi connectivity index (χ1n) is 15.0. The number of amides is 3. The van der Waals surface area contributed by atoms with Gasteiger partial charge in [-0.15, -0.1) is 0 Å². The van der Waals surface area contributed by atoms with Gasteiger partial charge in [-0.25, -0.2) is 4.79 Å². The smallest absolute Gasteiger partial charge is 0.408 e. The number of hydrogen-bond donors (Lipinski definition) is 4. The maximum atomic E-state index is 14.6. The molecule has 9 nitrogen and oxygen atoms in total. The molecule has 0 aliphatic heterocycles. The van der Waals surface area contributed by atoms with Crippen LogP contribution in [0.15, 0.2) is 91.0 Å². The molecule has 236 valence electrons. The number of nitrogens with zero attached hydrogens (tertiary/aromatic N) is 1. The zero-order valence-electron chi connectivity index (χ0n) is 26.3.